The summed E-state index contributed by atoms with van der Waals surface area (Å²) < 4.78 is 25.1. The van der Waals surface area contributed by atoms with E-state index in [0.29, 0.717) is 23.1 Å². The molecule has 1 heterocycles. The zero-order chi connectivity index (χ0) is 21.1. The van der Waals surface area contributed by atoms with Crippen molar-refractivity contribution in [1.29, 1.82) is 0 Å². The second-order valence-corrected chi connectivity index (χ2v) is 7.15. The van der Waals surface area contributed by atoms with Gasteiger partial charge in [0.25, 0.3) is 5.91 Å². The fourth-order valence-electron chi connectivity index (χ4n) is 3.09. The summed E-state index contributed by atoms with van der Waals surface area (Å²) in [5.74, 6) is 0.145. The number of nitrogens with one attached hydrogen (secondary N) is 2. The van der Waals surface area contributed by atoms with Gasteiger partial charge in [0.15, 0.2) is 11.6 Å². The number of hydrogen-bond acceptors (Lipinski definition) is 7. The van der Waals surface area contributed by atoms with Crippen LogP contribution in [-0.4, -0.2) is 37.2 Å². The third-order valence-electron chi connectivity index (χ3n) is 4.96. The summed E-state index contributed by atoms with van der Waals surface area (Å²) in [4.78, 5) is 16.1. The molecule has 0 unspecified atom stereocenters. The molecule has 29 heavy (non-hydrogen) atoms. The number of primary amides is 1. The Bertz CT molecular complexity index is 882. The number of rotatable bonds is 9. The minimum absolute atomic E-state index is 0.00374. The third kappa shape index (κ3) is 4.86. The lowest BCUT2D eigenvalue weighted by atomic mass is 10.1. The highest BCUT2D eigenvalue weighted by atomic mass is 19.1. The molecule has 1 aromatic heterocycles. The van der Waals surface area contributed by atoms with Crippen molar-refractivity contribution in [2.45, 2.75) is 31.8 Å². The molecule has 1 amide bonds. The highest BCUT2D eigenvalue weighted by Gasteiger charge is 2.32. The number of anilines is 3. The number of carbonyl (C=O) groups is 1. The number of benzene rings is 1. The molecule has 1 aliphatic rings. The Morgan fingerprint density at radius 1 is 1.17 bits per heavy atom. The molecule has 1 aromatic carbocycles. The first-order valence-corrected chi connectivity index (χ1v) is 9.35. The summed E-state index contributed by atoms with van der Waals surface area (Å²) in [5.41, 5.74) is 12.1. The summed E-state index contributed by atoms with van der Waals surface area (Å²) in [6.45, 7) is 1.88. The van der Waals surface area contributed by atoms with E-state index in [1.807, 2.05) is 6.92 Å². The number of amides is 1. The van der Waals surface area contributed by atoms with Gasteiger partial charge >= 0.3 is 0 Å². The van der Waals surface area contributed by atoms with Crippen LogP contribution in [0.1, 0.15) is 30.1 Å². The standard InChI is InChI=1S/C20H26FN5O3/c1-10(17(22)11-4-5-11)24-20-16(21)9-15(18(23)27)19(26-20)25-12-6-13(28-2)8-14(7-12)29-3/h6-11,17H,4-5,22H2,1-3H3,(H2,23,27)(H2,24,25,26)/t10-,17-/m1/s1. The van der Waals surface area contributed by atoms with Gasteiger partial charge in [0.05, 0.1) is 19.8 Å². The average Bonchev–Trinajstić information content (AvgIpc) is 3.54. The fraction of sp³-hybridized carbons (Fsp3) is 0.400. The van der Waals surface area contributed by atoms with Crippen LogP contribution in [-0.2, 0) is 0 Å². The summed E-state index contributed by atoms with van der Waals surface area (Å²) >= 11 is 0. The SMILES string of the molecule is COc1cc(Nc2nc(N[C@H](C)[C@@H](N)C3CC3)c(F)cc2C(N)=O)cc(OC)c1. The lowest BCUT2D eigenvalue weighted by molar-refractivity contribution is 0.100. The van der Waals surface area contributed by atoms with Gasteiger partial charge in [-0.05, 0) is 31.7 Å². The molecule has 8 nitrogen and oxygen atoms in total. The van der Waals surface area contributed by atoms with Crippen LogP contribution >= 0.6 is 0 Å². The van der Waals surface area contributed by atoms with Gasteiger partial charge in [-0.15, -0.1) is 0 Å². The predicted octanol–water partition coefficient (Wildman–Crippen LogP) is 2.62. The van der Waals surface area contributed by atoms with Gasteiger partial charge in [0.2, 0.25) is 0 Å². The molecular formula is C20H26FN5O3. The van der Waals surface area contributed by atoms with Crippen molar-refractivity contribution >= 4 is 23.2 Å². The molecule has 2 atom stereocenters. The second kappa shape index (κ2) is 8.52. The van der Waals surface area contributed by atoms with Gasteiger partial charge in [0, 0.05) is 36.0 Å². The molecule has 0 radical (unpaired) electrons. The Balaban J connectivity index is 1.92. The first-order valence-electron chi connectivity index (χ1n) is 9.35. The van der Waals surface area contributed by atoms with Gasteiger partial charge in [0.1, 0.15) is 17.3 Å². The Morgan fingerprint density at radius 3 is 2.31 bits per heavy atom. The number of ether oxygens (including phenoxy) is 2. The van der Waals surface area contributed by atoms with Crippen molar-refractivity contribution < 1.29 is 18.7 Å². The van der Waals surface area contributed by atoms with Crippen molar-refractivity contribution in [3.8, 4) is 11.5 Å². The average molecular weight is 403 g/mol. The monoisotopic (exact) mass is 403 g/mol. The molecule has 1 saturated carbocycles. The number of halogens is 1. The lowest BCUT2D eigenvalue weighted by Crippen LogP contribution is -2.40. The number of nitrogens with two attached hydrogens (primary N) is 2. The van der Waals surface area contributed by atoms with E-state index in [0.717, 1.165) is 18.9 Å². The highest BCUT2D eigenvalue weighted by Crippen LogP contribution is 2.34. The Labute approximate surface area is 168 Å². The number of nitrogens with zero attached hydrogens (tertiary/aromatic N) is 1. The summed E-state index contributed by atoms with van der Waals surface area (Å²) in [6, 6.07) is 5.85. The van der Waals surface area contributed by atoms with Crippen molar-refractivity contribution in [3.05, 3.63) is 35.6 Å². The number of carbonyl (C=O) groups excluding carboxylic acids is 1. The zero-order valence-electron chi connectivity index (χ0n) is 16.7. The van der Waals surface area contributed by atoms with E-state index >= 15 is 0 Å². The van der Waals surface area contributed by atoms with E-state index in [1.165, 1.54) is 14.2 Å². The maximum absolute atomic E-state index is 14.6. The van der Waals surface area contributed by atoms with Gasteiger partial charge in [-0.25, -0.2) is 9.37 Å². The normalized spacial score (nSPS) is 15.3. The molecule has 9 heteroatoms. The van der Waals surface area contributed by atoms with Crippen molar-refractivity contribution in [2.24, 2.45) is 17.4 Å². The van der Waals surface area contributed by atoms with Crippen LogP contribution in [0.3, 0.4) is 0 Å². The van der Waals surface area contributed by atoms with Crippen LogP contribution in [0.15, 0.2) is 24.3 Å². The number of aromatic nitrogens is 1. The minimum Gasteiger partial charge on any atom is -0.497 e. The molecule has 0 aliphatic heterocycles. The van der Waals surface area contributed by atoms with Crippen LogP contribution in [0.25, 0.3) is 0 Å². The maximum Gasteiger partial charge on any atom is 0.252 e. The van der Waals surface area contributed by atoms with Crippen molar-refractivity contribution in [3.63, 3.8) is 0 Å². The van der Waals surface area contributed by atoms with E-state index < -0.39 is 11.7 Å². The topological polar surface area (TPSA) is 125 Å². The van der Waals surface area contributed by atoms with E-state index in [4.69, 9.17) is 20.9 Å². The first kappa shape index (κ1) is 20.7. The molecule has 1 fully saturated rings. The number of hydrogen-bond donors (Lipinski definition) is 4. The van der Waals surface area contributed by atoms with E-state index in [-0.39, 0.29) is 29.3 Å². The van der Waals surface area contributed by atoms with Gasteiger partial charge in [-0.1, -0.05) is 0 Å². The quantitative estimate of drug-likeness (QED) is 0.507. The predicted molar refractivity (Wildman–Crippen MR) is 109 cm³/mol. The van der Waals surface area contributed by atoms with Crippen LogP contribution in [0.4, 0.5) is 21.7 Å². The van der Waals surface area contributed by atoms with Crippen molar-refractivity contribution in [1.82, 2.24) is 4.98 Å². The zero-order valence-corrected chi connectivity index (χ0v) is 16.7. The Hall–Kier alpha value is -3.07. The molecule has 3 rings (SSSR count). The molecule has 0 bridgehead atoms. The van der Waals surface area contributed by atoms with E-state index in [1.54, 1.807) is 18.2 Å². The number of methoxy groups -OCH3 is 2. The first-order chi connectivity index (χ1) is 13.8. The molecule has 156 valence electrons. The van der Waals surface area contributed by atoms with Crippen LogP contribution < -0.4 is 31.6 Å². The Kier molecular flexibility index (Phi) is 6.07. The molecule has 6 N–H and O–H groups in total. The third-order valence-corrected chi connectivity index (χ3v) is 4.96. The van der Waals surface area contributed by atoms with Gasteiger partial charge in [-0.3, -0.25) is 4.79 Å². The fourth-order valence-corrected chi connectivity index (χ4v) is 3.09. The largest absolute Gasteiger partial charge is 0.497 e. The van der Waals surface area contributed by atoms with E-state index in [2.05, 4.69) is 15.6 Å². The minimum atomic E-state index is -0.803. The molecule has 0 saturated heterocycles. The van der Waals surface area contributed by atoms with E-state index in [9.17, 15) is 9.18 Å². The highest BCUT2D eigenvalue weighted by molar-refractivity contribution is 5.98. The second-order valence-electron chi connectivity index (χ2n) is 7.15. The van der Waals surface area contributed by atoms with Crippen LogP contribution in [0, 0.1) is 11.7 Å². The van der Waals surface area contributed by atoms with Gasteiger partial charge in [-0.2, -0.15) is 0 Å². The molecular weight excluding hydrogens is 377 g/mol. The summed E-state index contributed by atoms with van der Waals surface area (Å²) in [7, 11) is 3.05. The number of pyridine rings is 1. The van der Waals surface area contributed by atoms with Crippen LogP contribution in [0.2, 0.25) is 0 Å². The maximum atomic E-state index is 14.6. The molecule has 0 spiro atoms. The lowest BCUT2D eigenvalue weighted by Gasteiger charge is -2.22. The smallest absolute Gasteiger partial charge is 0.252 e. The summed E-state index contributed by atoms with van der Waals surface area (Å²) in [5, 5.41) is 6.01. The molecule has 1 aliphatic carbocycles. The Morgan fingerprint density at radius 2 is 1.79 bits per heavy atom. The molecule has 2 aromatic rings. The van der Waals surface area contributed by atoms with Crippen molar-refractivity contribution in [2.75, 3.05) is 24.9 Å². The van der Waals surface area contributed by atoms with Crippen LogP contribution in [0.5, 0.6) is 11.5 Å². The summed E-state index contributed by atoms with van der Waals surface area (Å²) in [6.07, 6.45) is 2.16. The van der Waals surface area contributed by atoms with Gasteiger partial charge < -0.3 is 31.6 Å².